The molecule has 2 rings (SSSR count). The number of nitrogens with zero attached hydrogens (tertiary/aromatic N) is 1. The SMILES string of the molecule is CCC(C(=O)O)S(=O)Cc1cc(C)nc2ccccc12. The maximum absolute atomic E-state index is 12.3. The lowest BCUT2D eigenvalue weighted by atomic mass is 10.1. The summed E-state index contributed by atoms with van der Waals surface area (Å²) in [6.45, 7) is 3.62. The van der Waals surface area contributed by atoms with Gasteiger partial charge in [-0.2, -0.15) is 0 Å². The first kappa shape index (κ1) is 14.7. The number of fused-ring (bicyclic) bond motifs is 1. The van der Waals surface area contributed by atoms with Gasteiger partial charge in [-0.05, 0) is 31.0 Å². The average molecular weight is 291 g/mol. The highest BCUT2D eigenvalue weighted by atomic mass is 32.2. The number of benzene rings is 1. The molecule has 0 aliphatic carbocycles. The van der Waals surface area contributed by atoms with Gasteiger partial charge >= 0.3 is 5.97 Å². The Labute approximate surface area is 120 Å². The molecular weight excluding hydrogens is 274 g/mol. The fraction of sp³-hybridized carbons (Fsp3) is 0.333. The minimum atomic E-state index is -1.43. The van der Waals surface area contributed by atoms with Gasteiger partial charge in [-0.1, -0.05) is 25.1 Å². The Morgan fingerprint density at radius 2 is 2.10 bits per heavy atom. The van der Waals surface area contributed by atoms with Crippen molar-refractivity contribution in [2.24, 2.45) is 0 Å². The van der Waals surface area contributed by atoms with Crippen molar-refractivity contribution in [1.82, 2.24) is 4.98 Å². The van der Waals surface area contributed by atoms with Gasteiger partial charge in [0.25, 0.3) is 0 Å². The number of rotatable bonds is 5. The topological polar surface area (TPSA) is 67.3 Å². The average Bonchev–Trinajstić information content (AvgIpc) is 2.38. The van der Waals surface area contributed by atoms with Crippen LogP contribution in [0.1, 0.15) is 24.6 Å². The number of hydrogen-bond acceptors (Lipinski definition) is 3. The molecule has 2 unspecified atom stereocenters. The standard InChI is InChI=1S/C15H17NO3S/c1-3-14(15(17)18)20(19)9-11-8-10(2)16-13-7-5-4-6-12(11)13/h4-8,14H,3,9H2,1-2H3,(H,17,18). The van der Waals surface area contributed by atoms with Crippen LogP contribution in [0.15, 0.2) is 30.3 Å². The van der Waals surface area contributed by atoms with Crippen molar-refractivity contribution in [2.45, 2.75) is 31.3 Å². The van der Waals surface area contributed by atoms with Crippen LogP contribution in [0.25, 0.3) is 10.9 Å². The van der Waals surface area contributed by atoms with Crippen molar-refractivity contribution in [3.8, 4) is 0 Å². The van der Waals surface area contributed by atoms with E-state index in [1.54, 1.807) is 6.92 Å². The van der Waals surface area contributed by atoms with Gasteiger partial charge in [0.15, 0.2) is 0 Å². The van der Waals surface area contributed by atoms with Gasteiger partial charge in [0.1, 0.15) is 5.25 Å². The van der Waals surface area contributed by atoms with Crippen molar-refractivity contribution < 1.29 is 14.1 Å². The first-order valence-corrected chi connectivity index (χ1v) is 7.86. The number of carbonyl (C=O) groups is 1. The van der Waals surface area contributed by atoms with E-state index < -0.39 is 22.0 Å². The van der Waals surface area contributed by atoms with E-state index in [-0.39, 0.29) is 5.75 Å². The third-order valence-electron chi connectivity index (χ3n) is 3.19. The zero-order valence-electron chi connectivity index (χ0n) is 11.5. The maximum atomic E-state index is 12.3. The number of pyridine rings is 1. The predicted octanol–water partition coefficient (Wildman–Crippen LogP) is 2.66. The highest BCUT2D eigenvalue weighted by Crippen LogP contribution is 2.21. The van der Waals surface area contributed by atoms with Crippen molar-refractivity contribution >= 4 is 27.7 Å². The molecule has 2 atom stereocenters. The van der Waals surface area contributed by atoms with Crippen molar-refractivity contribution in [2.75, 3.05) is 0 Å². The third kappa shape index (κ3) is 3.04. The molecule has 2 aromatic rings. The van der Waals surface area contributed by atoms with Crippen LogP contribution in [0.2, 0.25) is 0 Å². The number of aryl methyl sites for hydroxylation is 1. The van der Waals surface area contributed by atoms with E-state index in [1.165, 1.54) is 0 Å². The largest absolute Gasteiger partial charge is 0.480 e. The molecule has 0 saturated carbocycles. The molecule has 0 fully saturated rings. The number of hydrogen-bond donors (Lipinski definition) is 1. The summed E-state index contributed by atoms with van der Waals surface area (Å²) in [6.07, 6.45) is 0.365. The Kier molecular flexibility index (Phi) is 4.49. The molecule has 4 nitrogen and oxygen atoms in total. The van der Waals surface area contributed by atoms with Crippen LogP contribution < -0.4 is 0 Å². The number of carboxylic acid groups (broad SMARTS) is 1. The summed E-state index contributed by atoms with van der Waals surface area (Å²) in [6, 6.07) is 9.52. The van der Waals surface area contributed by atoms with Gasteiger partial charge in [0.05, 0.1) is 11.3 Å². The van der Waals surface area contributed by atoms with E-state index in [0.717, 1.165) is 22.2 Å². The Morgan fingerprint density at radius 1 is 1.40 bits per heavy atom. The summed E-state index contributed by atoms with van der Waals surface area (Å²) in [4.78, 5) is 15.5. The lowest BCUT2D eigenvalue weighted by molar-refractivity contribution is -0.136. The summed E-state index contributed by atoms with van der Waals surface area (Å²) < 4.78 is 12.3. The van der Waals surface area contributed by atoms with Gasteiger partial charge in [0.2, 0.25) is 0 Å². The fourth-order valence-electron chi connectivity index (χ4n) is 2.24. The molecule has 0 aliphatic heterocycles. The Morgan fingerprint density at radius 3 is 2.75 bits per heavy atom. The molecule has 1 aromatic carbocycles. The fourth-order valence-corrected chi connectivity index (χ4v) is 3.58. The second kappa shape index (κ2) is 6.13. The monoisotopic (exact) mass is 291 g/mol. The zero-order chi connectivity index (χ0) is 14.7. The van der Waals surface area contributed by atoms with Crippen LogP contribution in [-0.4, -0.2) is 25.5 Å². The van der Waals surface area contributed by atoms with E-state index in [1.807, 2.05) is 37.3 Å². The highest BCUT2D eigenvalue weighted by molar-refractivity contribution is 7.85. The Bertz CT molecular complexity index is 669. The third-order valence-corrected chi connectivity index (χ3v) is 4.96. The number of para-hydroxylation sites is 1. The van der Waals surface area contributed by atoms with Crippen LogP contribution in [-0.2, 0) is 21.3 Å². The molecule has 0 bridgehead atoms. The van der Waals surface area contributed by atoms with E-state index in [4.69, 9.17) is 5.11 Å². The van der Waals surface area contributed by atoms with Gasteiger partial charge < -0.3 is 5.11 Å². The van der Waals surface area contributed by atoms with Crippen molar-refractivity contribution in [3.05, 3.63) is 41.6 Å². The van der Waals surface area contributed by atoms with Crippen LogP contribution >= 0.6 is 0 Å². The summed E-state index contributed by atoms with van der Waals surface area (Å²) in [5, 5.41) is 9.20. The molecule has 0 spiro atoms. The lowest BCUT2D eigenvalue weighted by Crippen LogP contribution is -2.25. The molecular formula is C15H17NO3S. The first-order chi connectivity index (χ1) is 9.52. The summed E-state index contributed by atoms with van der Waals surface area (Å²) >= 11 is 0. The molecule has 1 N–H and O–H groups in total. The molecule has 106 valence electrons. The lowest BCUT2D eigenvalue weighted by Gasteiger charge is -2.12. The number of aromatic nitrogens is 1. The zero-order valence-corrected chi connectivity index (χ0v) is 12.3. The quantitative estimate of drug-likeness (QED) is 0.919. The van der Waals surface area contributed by atoms with Crippen LogP contribution in [0.5, 0.6) is 0 Å². The second-order valence-electron chi connectivity index (χ2n) is 4.70. The predicted molar refractivity (Wildman–Crippen MR) is 80.0 cm³/mol. The van der Waals surface area contributed by atoms with Crippen molar-refractivity contribution in [1.29, 1.82) is 0 Å². The van der Waals surface area contributed by atoms with E-state index >= 15 is 0 Å². The molecule has 0 aliphatic rings. The summed E-state index contributed by atoms with van der Waals surface area (Å²) in [7, 11) is -1.43. The maximum Gasteiger partial charge on any atom is 0.319 e. The van der Waals surface area contributed by atoms with E-state index in [2.05, 4.69) is 4.98 Å². The van der Waals surface area contributed by atoms with Gasteiger partial charge in [-0.25, -0.2) is 0 Å². The minimum absolute atomic E-state index is 0.245. The Balaban J connectivity index is 2.38. The first-order valence-electron chi connectivity index (χ1n) is 6.48. The van der Waals surface area contributed by atoms with Crippen LogP contribution in [0, 0.1) is 6.92 Å². The Hall–Kier alpha value is -1.75. The molecule has 1 aromatic heterocycles. The normalized spacial score (nSPS) is 14.1. The molecule has 0 radical (unpaired) electrons. The summed E-state index contributed by atoms with van der Waals surface area (Å²) in [5.74, 6) is -0.754. The summed E-state index contributed by atoms with van der Waals surface area (Å²) in [5.41, 5.74) is 2.59. The molecule has 20 heavy (non-hydrogen) atoms. The van der Waals surface area contributed by atoms with E-state index in [0.29, 0.717) is 6.42 Å². The van der Waals surface area contributed by atoms with Gasteiger partial charge in [0, 0.05) is 21.9 Å². The molecule has 0 saturated heterocycles. The molecule has 1 heterocycles. The van der Waals surface area contributed by atoms with Gasteiger partial charge in [-0.3, -0.25) is 14.0 Å². The minimum Gasteiger partial charge on any atom is -0.480 e. The molecule has 0 amide bonds. The number of aliphatic carboxylic acids is 1. The highest BCUT2D eigenvalue weighted by Gasteiger charge is 2.23. The van der Waals surface area contributed by atoms with Crippen LogP contribution in [0.3, 0.4) is 0 Å². The van der Waals surface area contributed by atoms with Gasteiger partial charge in [-0.15, -0.1) is 0 Å². The van der Waals surface area contributed by atoms with Crippen molar-refractivity contribution in [3.63, 3.8) is 0 Å². The smallest absolute Gasteiger partial charge is 0.319 e. The van der Waals surface area contributed by atoms with Crippen LogP contribution in [0.4, 0.5) is 0 Å². The van der Waals surface area contributed by atoms with E-state index in [9.17, 15) is 9.00 Å². The number of carboxylic acids is 1. The molecule has 5 heteroatoms. The second-order valence-corrected chi connectivity index (χ2v) is 6.32.